The van der Waals surface area contributed by atoms with Gasteiger partial charge in [0, 0.05) is 12.5 Å². The van der Waals surface area contributed by atoms with E-state index in [1.807, 2.05) is 4.68 Å². The zero-order valence-electron chi connectivity index (χ0n) is 11.1. The molecule has 1 fully saturated rings. The standard InChI is InChI=1S/C13H21N3O2/c1-9(2)8-16-12(10-6-4-3-5-7-10)11(13(17)18)14-15-16/h9-10H,3-8H2,1-2H3,(H,17,18). The van der Waals surface area contributed by atoms with Crippen molar-refractivity contribution in [3.8, 4) is 0 Å². The minimum Gasteiger partial charge on any atom is -0.476 e. The molecule has 100 valence electrons. The van der Waals surface area contributed by atoms with Gasteiger partial charge in [-0.3, -0.25) is 0 Å². The summed E-state index contributed by atoms with van der Waals surface area (Å²) in [6.45, 7) is 4.95. The Morgan fingerprint density at radius 2 is 2.06 bits per heavy atom. The highest BCUT2D eigenvalue weighted by atomic mass is 16.4. The summed E-state index contributed by atoms with van der Waals surface area (Å²) in [5.41, 5.74) is 0.999. The van der Waals surface area contributed by atoms with E-state index in [9.17, 15) is 9.90 Å². The molecule has 0 radical (unpaired) electrons. The lowest BCUT2D eigenvalue weighted by atomic mass is 9.86. The molecule has 5 nitrogen and oxygen atoms in total. The van der Waals surface area contributed by atoms with E-state index in [0.717, 1.165) is 25.1 Å². The number of carboxylic acid groups (broad SMARTS) is 1. The van der Waals surface area contributed by atoms with Crippen LogP contribution in [0, 0.1) is 5.92 Å². The molecular weight excluding hydrogens is 230 g/mol. The largest absolute Gasteiger partial charge is 0.476 e. The van der Waals surface area contributed by atoms with E-state index in [4.69, 9.17) is 0 Å². The van der Waals surface area contributed by atoms with Crippen molar-refractivity contribution in [1.29, 1.82) is 0 Å². The van der Waals surface area contributed by atoms with E-state index in [1.54, 1.807) is 0 Å². The quantitative estimate of drug-likeness (QED) is 0.893. The van der Waals surface area contributed by atoms with Crippen molar-refractivity contribution in [3.05, 3.63) is 11.4 Å². The first-order valence-electron chi connectivity index (χ1n) is 6.76. The van der Waals surface area contributed by atoms with Crippen molar-refractivity contribution in [3.63, 3.8) is 0 Å². The van der Waals surface area contributed by atoms with Crippen LogP contribution < -0.4 is 0 Å². The summed E-state index contributed by atoms with van der Waals surface area (Å²) >= 11 is 0. The third kappa shape index (κ3) is 2.71. The number of hydrogen-bond acceptors (Lipinski definition) is 3. The van der Waals surface area contributed by atoms with Crippen molar-refractivity contribution in [1.82, 2.24) is 15.0 Å². The zero-order valence-corrected chi connectivity index (χ0v) is 11.1. The van der Waals surface area contributed by atoms with Gasteiger partial charge in [0.05, 0.1) is 5.69 Å². The summed E-state index contributed by atoms with van der Waals surface area (Å²) in [5, 5.41) is 17.1. The van der Waals surface area contributed by atoms with E-state index in [0.29, 0.717) is 11.8 Å². The van der Waals surface area contributed by atoms with Crippen molar-refractivity contribution in [2.75, 3.05) is 0 Å². The minimum absolute atomic E-state index is 0.155. The summed E-state index contributed by atoms with van der Waals surface area (Å²) in [6.07, 6.45) is 5.73. The monoisotopic (exact) mass is 251 g/mol. The van der Waals surface area contributed by atoms with E-state index in [1.165, 1.54) is 19.3 Å². The first-order chi connectivity index (χ1) is 8.59. The number of aromatic carboxylic acids is 1. The molecule has 1 aliphatic rings. The van der Waals surface area contributed by atoms with Crippen LogP contribution in [0.4, 0.5) is 0 Å². The first-order valence-corrected chi connectivity index (χ1v) is 6.76. The van der Waals surface area contributed by atoms with Gasteiger partial charge in [0.25, 0.3) is 0 Å². The molecular formula is C13H21N3O2. The molecule has 0 unspecified atom stereocenters. The van der Waals surface area contributed by atoms with Crippen LogP contribution in [0.25, 0.3) is 0 Å². The third-order valence-electron chi connectivity index (χ3n) is 3.51. The van der Waals surface area contributed by atoms with Crippen molar-refractivity contribution in [2.45, 2.75) is 58.4 Å². The topological polar surface area (TPSA) is 68.0 Å². The van der Waals surface area contributed by atoms with Crippen LogP contribution in [0.5, 0.6) is 0 Å². The van der Waals surface area contributed by atoms with E-state index < -0.39 is 5.97 Å². The Bertz CT molecular complexity index is 420. The van der Waals surface area contributed by atoms with Gasteiger partial charge in [-0.2, -0.15) is 0 Å². The van der Waals surface area contributed by atoms with Crippen LogP contribution >= 0.6 is 0 Å². The highest BCUT2D eigenvalue weighted by Crippen LogP contribution is 2.34. The number of hydrogen-bond donors (Lipinski definition) is 1. The lowest BCUT2D eigenvalue weighted by Gasteiger charge is -2.23. The Hall–Kier alpha value is -1.39. The summed E-state index contributed by atoms with van der Waals surface area (Å²) in [5.74, 6) is -0.195. The second kappa shape index (κ2) is 5.50. The zero-order chi connectivity index (χ0) is 13.1. The van der Waals surface area contributed by atoms with Gasteiger partial charge in [0.2, 0.25) is 0 Å². The van der Waals surface area contributed by atoms with E-state index in [2.05, 4.69) is 24.2 Å². The Kier molecular flexibility index (Phi) is 3.99. The predicted molar refractivity (Wildman–Crippen MR) is 67.6 cm³/mol. The number of nitrogens with zero attached hydrogens (tertiary/aromatic N) is 3. The van der Waals surface area contributed by atoms with Crippen molar-refractivity contribution < 1.29 is 9.90 Å². The van der Waals surface area contributed by atoms with Crippen LogP contribution in [-0.2, 0) is 6.54 Å². The molecule has 0 atom stereocenters. The Labute approximate surface area is 107 Å². The summed E-state index contributed by atoms with van der Waals surface area (Å²) in [6, 6.07) is 0. The maximum absolute atomic E-state index is 11.2. The molecule has 2 rings (SSSR count). The van der Waals surface area contributed by atoms with Crippen LogP contribution in [0.15, 0.2) is 0 Å². The van der Waals surface area contributed by atoms with Crippen LogP contribution in [0.1, 0.15) is 68.1 Å². The van der Waals surface area contributed by atoms with E-state index in [-0.39, 0.29) is 5.69 Å². The maximum atomic E-state index is 11.2. The molecule has 0 aromatic carbocycles. The van der Waals surface area contributed by atoms with Crippen LogP contribution in [-0.4, -0.2) is 26.1 Å². The molecule has 0 amide bonds. The van der Waals surface area contributed by atoms with Crippen molar-refractivity contribution in [2.24, 2.45) is 5.92 Å². The molecule has 0 aliphatic heterocycles. The maximum Gasteiger partial charge on any atom is 0.358 e. The first kappa shape index (κ1) is 13.1. The second-order valence-corrected chi connectivity index (χ2v) is 5.54. The average Bonchev–Trinajstić information content (AvgIpc) is 2.73. The third-order valence-corrected chi connectivity index (χ3v) is 3.51. The lowest BCUT2D eigenvalue weighted by Crippen LogP contribution is -2.17. The number of aromatic nitrogens is 3. The average molecular weight is 251 g/mol. The fourth-order valence-electron chi connectivity index (χ4n) is 2.73. The molecule has 18 heavy (non-hydrogen) atoms. The highest BCUT2D eigenvalue weighted by molar-refractivity contribution is 5.86. The molecule has 0 saturated heterocycles. The van der Waals surface area contributed by atoms with E-state index >= 15 is 0 Å². The van der Waals surface area contributed by atoms with Gasteiger partial charge in [0.1, 0.15) is 0 Å². The Morgan fingerprint density at radius 1 is 1.39 bits per heavy atom. The lowest BCUT2D eigenvalue weighted by molar-refractivity contribution is 0.0688. The van der Waals surface area contributed by atoms with Gasteiger partial charge in [-0.25, -0.2) is 9.48 Å². The molecule has 1 heterocycles. The summed E-state index contributed by atoms with van der Waals surface area (Å²) in [7, 11) is 0. The Balaban J connectivity index is 2.32. The number of carboxylic acids is 1. The predicted octanol–water partition coefficient (Wildman–Crippen LogP) is 2.68. The molecule has 0 spiro atoms. The molecule has 1 aromatic rings. The van der Waals surface area contributed by atoms with Gasteiger partial charge < -0.3 is 5.11 Å². The fraction of sp³-hybridized carbons (Fsp3) is 0.769. The SMILES string of the molecule is CC(C)Cn1nnc(C(=O)O)c1C1CCCCC1. The summed E-state index contributed by atoms with van der Waals surface area (Å²) < 4.78 is 1.81. The second-order valence-electron chi connectivity index (χ2n) is 5.54. The number of rotatable bonds is 4. The fourth-order valence-corrected chi connectivity index (χ4v) is 2.73. The molecule has 1 N–H and O–H groups in total. The Morgan fingerprint density at radius 3 is 2.61 bits per heavy atom. The molecule has 5 heteroatoms. The molecule has 0 bridgehead atoms. The van der Waals surface area contributed by atoms with Crippen molar-refractivity contribution >= 4 is 5.97 Å². The molecule has 1 saturated carbocycles. The van der Waals surface area contributed by atoms with Gasteiger partial charge in [0.15, 0.2) is 5.69 Å². The van der Waals surface area contributed by atoms with Gasteiger partial charge >= 0.3 is 5.97 Å². The molecule has 1 aromatic heterocycles. The molecule has 1 aliphatic carbocycles. The van der Waals surface area contributed by atoms with Crippen LogP contribution in [0.3, 0.4) is 0 Å². The smallest absolute Gasteiger partial charge is 0.358 e. The highest BCUT2D eigenvalue weighted by Gasteiger charge is 2.27. The minimum atomic E-state index is -0.953. The summed E-state index contributed by atoms with van der Waals surface area (Å²) in [4.78, 5) is 11.2. The number of carbonyl (C=O) groups is 1. The van der Waals surface area contributed by atoms with Gasteiger partial charge in [-0.05, 0) is 18.8 Å². The van der Waals surface area contributed by atoms with Crippen LogP contribution in [0.2, 0.25) is 0 Å². The van der Waals surface area contributed by atoms with Gasteiger partial charge in [-0.15, -0.1) is 5.10 Å². The normalized spacial score (nSPS) is 17.3. The van der Waals surface area contributed by atoms with Gasteiger partial charge in [-0.1, -0.05) is 38.3 Å².